The smallest absolute Gasteiger partial charge is 0.390 e. The number of anilines is 6. The fourth-order valence-corrected chi connectivity index (χ4v) is 13.4. The zero-order valence-corrected chi connectivity index (χ0v) is 46.6. The van der Waals surface area contributed by atoms with Crippen LogP contribution in [0.4, 0.5) is 34.8 Å². The van der Waals surface area contributed by atoms with Crippen LogP contribution in [0.25, 0.3) is 33.5 Å². The molecule has 44 heteroatoms. The Labute approximate surface area is 470 Å². The van der Waals surface area contributed by atoms with Gasteiger partial charge in [-0.2, -0.15) is 0 Å². The maximum atomic E-state index is 14.1. The Hall–Kier alpha value is -6.32. The van der Waals surface area contributed by atoms with E-state index in [1.165, 1.54) is 58.0 Å². The van der Waals surface area contributed by atoms with Crippen molar-refractivity contribution in [2.75, 3.05) is 66.2 Å². The first-order chi connectivity index (χ1) is 40.2. The molecular formula is C40H51N20O20P4+. The minimum Gasteiger partial charge on any atom is -0.390 e. The highest BCUT2D eigenvalue weighted by atomic mass is 31.2. The molecule has 4 unspecified atom stereocenters. The highest BCUT2D eigenvalue weighted by Gasteiger charge is 2.49. The molecule has 0 spiro atoms. The second-order valence-corrected chi connectivity index (χ2v) is 24.2. The fourth-order valence-electron chi connectivity index (χ4n) is 10.2. The van der Waals surface area contributed by atoms with Crippen LogP contribution in [0.2, 0.25) is 0 Å². The molecular weight excluding hydrogens is 1200 g/mol. The molecule has 12 rings (SSSR count). The van der Waals surface area contributed by atoms with E-state index in [-0.39, 0.29) is 89.1 Å². The summed E-state index contributed by atoms with van der Waals surface area (Å²) in [5.74, 6) is 0.744. The molecule has 0 radical (unpaired) electrons. The van der Waals surface area contributed by atoms with Crippen LogP contribution in [-0.2, 0) is 68.9 Å². The number of imidazole rings is 3. The average molecular weight is 1260 g/mol. The van der Waals surface area contributed by atoms with E-state index < -0.39 is 132 Å². The lowest BCUT2D eigenvalue weighted by molar-refractivity contribution is -0.0602. The van der Waals surface area contributed by atoms with E-state index >= 15 is 0 Å². The molecule has 84 heavy (non-hydrogen) atoms. The van der Waals surface area contributed by atoms with Crippen LogP contribution in [0.5, 0.6) is 0 Å². The van der Waals surface area contributed by atoms with Crippen LogP contribution < -0.4 is 33.2 Å². The lowest BCUT2D eigenvalue weighted by Crippen LogP contribution is -2.36. The first-order valence-electron chi connectivity index (χ1n) is 25.1. The van der Waals surface area contributed by atoms with Crippen molar-refractivity contribution in [1.29, 1.82) is 0 Å². The van der Waals surface area contributed by atoms with Crippen molar-refractivity contribution in [3.63, 3.8) is 0 Å². The van der Waals surface area contributed by atoms with Gasteiger partial charge in [-0.25, -0.2) is 68.5 Å². The van der Waals surface area contributed by atoms with Crippen LogP contribution in [0, 0.1) is 0 Å². The topological polar surface area (TPSA) is 547 Å². The first-order valence-corrected chi connectivity index (χ1v) is 30.7. The number of nitrogens with two attached hydrogens (primary N) is 4. The number of phosphoric ester groups is 3. The van der Waals surface area contributed by atoms with Crippen molar-refractivity contribution < 1.29 is 93.6 Å². The number of hydrogen-bond acceptors (Lipinski definition) is 33. The average Bonchev–Trinajstić information content (AvgIpc) is 3.39. The molecule has 0 aliphatic carbocycles. The Bertz CT molecular complexity index is 3760. The molecule has 0 aromatic carbocycles. The summed E-state index contributed by atoms with van der Waals surface area (Å²) in [4.78, 5) is 90.4. The van der Waals surface area contributed by atoms with Crippen LogP contribution in [0.1, 0.15) is 44.4 Å². The van der Waals surface area contributed by atoms with E-state index in [0.29, 0.717) is 11.5 Å². The van der Waals surface area contributed by atoms with Gasteiger partial charge in [-0.3, -0.25) is 40.8 Å². The number of aliphatic hydroxyl groups excluding tert-OH is 1. The van der Waals surface area contributed by atoms with Crippen LogP contribution >= 0.6 is 31.7 Å². The van der Waals surface area contributed by atoms with Crippen molar-refractivity contribution in [1.82, 2.24) is 68.5 Å². The maximum absolute atomic E-state index is 14.1. The summed E-state index contributed by atoms with van der Waals surface area (Å²) >= 11 is 0. The van der Waals surface area contributed by atoms with Crippen molar-refractivity contribution in [2.45, 2.75) is 99.4 Å². The van der Waals surface area contributed by atoms with E-state index in [2.05, 4.69) is 60.1 Å². The summed E-state index contributed by atoms with van der Waals surface area (Å²) in [6, 6.07) is 0. The summed E-state index contributed by atoms with van der Waals surface area (Å²) < 4.78 is 120. The molecule has 7 aromatic rings. The Morgan fingerprint density at radius 2 is 0.917 bits per heavy atom. The maximum Gasteiger partial charge on any atom is 0.694 e. The van der Waals surface area contributed by atoms with Gasteiger partial charge in [0.2, 0.25) is 0 Å². The fraction of sp³-hybridized carbons (Fsp3) is 0.525. The number of ether oxygens (including phenoxy) is 4. The SMILES string of the molecule is Nc1ncnc2c1NCN2[C@H]1C[C@H](O)[C@@H](COP(=O)(O)O[C@H]2C[C@H](n3cnc4c(N)ncnc43)O[C@@H]2COP(=O)(O)O[C@H]2C[C@H](n3cnc4c(N)ncnc43)O[C@@H]2COP(=O)(O)O[C@H]2C[C@H](n3cnc4c(N)ncnc43)O[C@@H]2CO[P+](=O)O)O1. The van der Waals surface area contributed by atoms with Gasteiger partial charge in [-0.1, -0.05) is 0 Å². The number of fused-ring (bicyclic) bond motifs is 4. The van der Waals surface area contributed by atoms with Gasteiger partial charge >= 0.3 is 31.7 Å². The summed E-state index contributed by atoms with van der Waals surface area (Å²) in [5, 5.41) is 14.0. The van der Waals surface area contributed by atoms with Crippen LogP contribution in [0.3, 0.4) is 0 Å². The van der Waals surface area contributed by atoms with Crippen molar-refractivity contribution in [3.8, 4) is 0 Å². The monoisotopic (exact) mass is 1260 g/mol. The Morgan fingerprint density at radius 1 is 0.536 bits per heavy atom. The minimum atomic E-state index is -5.32. The van der Waals surface area contributed by atoms with E-state index in [4.69, 9.17) is 73.5 Å². The van der Waals surface area contributed by atoms with Gasteiger partial charge in [0.1, 0.15) is 122 Å². The van der Waals surface area contributed by atoms with Gasteiger partial charge in [-0.05, 0) is 0 Å². The number of phosphoric acid groups is 3. The number of nitrogens with one attached hydrogen (secondary N) is 1. The molecule has 5 aliphatic heterocycles. The number of aliphatic hydroxyl groups is 1. The predicted molar refractivity (Wildman–Crippen MR) is 279 cm³/mol. The third-order valence-corrected chi connectivity index (χ3v) is 17.5. The van der Waals surface area contributed by atoms with Gasteiger partial charge < -0.3 is 71.9 Å². The number of hydrogen-bond donors (Lipinski definition) is 10. The Balaban J connectivity index is 0.738. The summed E-state index contributed by atoms with van der Waals surface area (Å²) in [7, 11) is -18.8. The molecule has 5 aliphatic rings. The number of nitrogen functional groups attached to an aromatic ring is 4. The largest absolute Gasteiger partial charge is 0.694 e. The molecule has 450 valence electrons. The normalized spacial score (nSPS) is 29.3. The highest BCUT2D eigenvalue weighted by molar-refractivity contribution is 7.48. The molecule has 4 fully saturated rings. The number of nitrogens with zero attached hydrogens (tertiary/aromatic N) is 15. The highest BCUT2D eigenvalue weighted by Crippen LogP contribution is 2.54. The van der Waals surface area contributed by atoms with Crippen LogP contribution in [0.15, 0.2) is 44.3 Å². The molecule has 0 amide bonds. The van der Waals surface area contributed by atoms with Gasteiger partial charge in [0.15, 0.2) is 46.0 Å². The zero-order valence-electron chi connectivity index (χ0n) is 43.0. The number of aromatic nitrogens is 14. The molecule has 7 aromatic heterocycles. The van der Waals surface area contributed by atoms with Gasteiger partial charge in [0, 0.05) is 30.2 Å². The Kier molecular flexibility index (Phi) is 16.0. The van der Waals surface area contributed by atoms with E-state index in [0.717, 1.165) is 0 Å². The standard InChI is InChI=1S/C40H50N20O20P4/c41-33-29-37(49-9-45-33)57(13-53-29)25-1-17(61)21(74-25)6-71-82(64,65)79-19-3-27(59-15-55-31-35(43)47-11-51-39(31)59)76-23(19)8-73-84(68,69)80-20-4-28(60-16-56-32-36(44)48-12-52-40(32)60)77-24(20)7-72-83(66,67)78-18-2-26(75-22(18)5-70-81(62)63)58-14-54-30-34(42)46-10-50-38(30)58/h9-12,14-28,53,61H,1-8,13H2,(H11-,41,42,43,44,45,46,47,48,49,50,51,52,62,63,64,65,66,67,68,69)/p+1/t17-,18-,19-,20-,21+,22+,23+,24+,25+,26+,27+,28+/m0/s1. The minimum absolute atomic E-state index is 0.0176. The third kappa shape index (κ3) is 12.0. The van der Waals surface area contributed by atoms with Crippen LogP contribution in [-0.4, -0.2) is 181 Å². The summed E-state index contributed by atoms with van der Waals surface area (Å²) in [6.07, 6.45) is -6.64. The lowest BCUT2D eigenvalue weighted by atomic mass is 10.2. The zero-order chi connectivity index (χ0) is 58.8. The van der Waals surface area contributed by atoms with E-state index in [1.807, 2.05) is 0 Å². The molecule has 0 saturated carbocycles. The van der Waals surface area contributed by atoms with Gasteiger partial charge in [0.25, 0.3) is 0 Å². The second kappa shape index (κ2) is 23.2. The lowest BCUT2D eigenvalue weighted by Gasteiger charge is -2.25. The quantitative estimate of drug-likeness (QED) is 0.0400. The summed E-state index contributed by atoms with van der Waals surface area (Å²) in [6.45, 7) is -2.73. The first kappa shape index (κ1) is 58.1. The third-order valence-electron chi connectivity index (χ3n) is 14.1. The molecule has 12 heterocycles. The molecule has 0 bridgehead atoms. The van der Waals surface area contributed by atoms with Crippen molar-refractivity contribution in [2.24, 2.45) is 0 Å². The van der Waals surface area contributed by atoms with Gasteiger partial charge in [0.05, 0.1) is 51.6 Å². The van der Waals surface area contributed by atoms with Gasteiger partial charge in [-0.15, -0.1) is 9.42 Å². The predicted octanol–water partition coefficient (Wildman–Crippen LogP) is 0.0258. The van der Waals surface area contributed by atoms with E-state index in [9.17, 15) is 42.9 Å². The molecule has 40 nitrogen and oxygen atoms in total. The Morgan fingerprint density at radius 3 is 1.35 bits per heavy atom. The molecule has 16 atom stereocenters. The molecule has 4 saturated heterocycles. The van der Waals surface area contributed by atoms with Crippen molar-refractivity contribution in [3.05, 3.63) is 44.3 Å². The van der Waals surface area contributed by atoms with E-state index in [1.54, 1.807) is 4.90 Å². The summed E-state index contributed by atoms with van der Waals surface area (Å²) in [5.41, 5.74) is 25.7. The number of rotatable bonds is 22. The van der Waals surface area contributed by atoms with Crippen molar-refractivity contribution >= 4 is 100.0 Å². The second-order valence-electron chi connectivity index (χ2n) is 19.3. The molecule has 14 N–H and O–H groups in total.